The first-order valence-electron chi connectivity index (χ1n) is 9.06. The summed E-state index contributed by atoms with van der Waals surface area (Å²) in [5.74, 6) is -0.408. The minimum atomic E-state index is -0.671. The average Bonchev–Trinajstić information content (AvgIpc) is 3.03. The number of amides is 1. The summed E-state index contributed by atoms with van der Waals surface area (Å²) in [5.41, 5.74) is 2.43. The molecule has 0 bridgehead atoms. The van der Waals surface area contributed by atoms with E-state index in [-0.39, 0.29) is 17.8 Å². The molecule has 1 amide bonds. The molecule has 1 aliphatic rings. The summed E-state index contributed by atoms with van der Waals surface area (Å²) in [6.45, 7) is 1.38. The number of rotatable bonds is 5. The zero-order valence-corrected chi connectivity index (χ0v) is 15.3. The Labute approximate surface area is 153 Å². The molecule has 2 N–H and O–H groups in total. The van der Waals surface area contributed by atoms with E-state index in [0.717, 1.165) is 31.5 Å². The predicted molar refractivity (Wildman–Crippen MR) is 98.3 cm³/mol. The van der Waals surface area contributed by atoms with E-state index in [2.05, 4.69) is 10.2 Å². The third-order valence-corrected chi connectivity index (χ3v) is 5.24. The minimum Gasteiger partial charge on any atom is -0.387 e. The van der Waals surface area contributed by atoms with Crippen molar-refractivity contribution < 1.29 is 14.3 Å². The maximum absolute atomic E-state index is 13.1. The fourth-order valence-electron chi connectivity index (χ4n) is 3.77. The van der Waals surface area contributed by atoms with Crippen LogP contribution in [-0.2, 0) is 7.05 Å². The van der Waals surface area contributed by atoms with Gasteiger partial charge < -0.3 is 15.0 Å². The number of aliphatic hydroxyl groups excluding tert-OH is 1. The molecule has 140 valence electrons. The number of benzene rings is 1. The number of piperidine rings is 1. The second kappa shape index (κ2) is 8.01. The van der Waals surface area contributed by atoms with Gasteiger partial charge in [-0.15, -0.1) is 0 Å². The molecule has 3 rings (SSSR count). The zero-order chi connectivity index (χ0) is 18.7. The summed E-state index contributed by atoms with van der Waals surface area (Å²) < 4.78 is 15.0. The lowest BCUT2D eigenvalue weighted by atomic mass is 9.98. The summed E-state index contributed by atoms with van der Waals surface area (Å²) in [6.07, 6.45) is 2.52. The Hall–Kier alpha value is -2.18. The summed E-state index contributed by atoms with van der Waals surface area (Å²) in [6, 6.07) is 10.0. The lowest BCUT2D eigenvalue weighted by Crippen LogP contribution is -2.37. The van der Waals surface area contributed by atoms with Crippen molar-refractivity contribution in [3.63, 3.8) is 0 Å². The molecule has 1 aliphatic heterocycles. The van der Waals surface area contributed by atoms with Gasteiger partial charge in [-0.3, -0.25) is 9.69 Å². The molecule has 26 heavy (non-hydrogen) atoms. The fourth-order valence-corrected chi connectivity index (χ4v) is 3.77. The number of likely N-dealkylation sites (tertiary alicyclic amines) is 1. The van der Waals surface area contributed by atoms with E-state index in [1.54, 1.807) is 19.2 Å². The first-order chi connectivity index (χ1) is 12.5. The number of halogens is 1. The molecule has 0 spiro atoms. The van der Waals surface area contributed by atoms with Crippen molar-refractivity contribution >= 4 is 5.91 Å². The van der Waals surface area contributed by atoms with E-state index < -0.39 is 6.10 Å². The highest BCUT2D eigenvalue weighted by atomic mass is 19.1. The van der Waals surface area contributed by atoms with Gasteiger partial charge in [0.05, 0.1) is 12.1 Å². The Morgan fingerprint density at radius 3 is 2.69 bits per heavy atom. The molecule has 0 saturated carbocycles. The van der Waals surface area contributed by atoms with Gasteiger partial charge in [-0.2, -0.15) is 0 Å². The highest BCUT2D eigenvalue weighted by molar-refractivity contribution is 5.92. The number of aromatic nitrogens is 1. The zero-order valence-electron chi connectivity index (χ0n) is 15.3. The van der Waals surface area contributed by atoms with Crippen LogP contribution in [0.15, 0.2) is 36.4 Å². The molecule has 2 aromatic rings. The second-order valence-electron chi connectivity index (χ2n) is 6.86. The third-order valence-electron chi connectivity index (χ3n) is 5.24. The quantitative estimate of drug-likeness (QED) is 0.863. The molecule has 1 saturated heterocycles. The van der Waals surface area contributed by atoms with Crippen LogP contribution in [0.4, 0.5) is 4.39 Å². The van der Waals surface area contributed by atoms with Crippen molar-refractivity contribution in [2.24, 2.45) is 7.05 Å². The van der Waals surface area contributed by atoms with Gasteiger partial charge in [-0.25, -0.2) is 4.39 Å². The monoisotopic (exact) mass is 359 g/mol. The number of carbonyl (C=O) groups is 1. The van der Waals surface area contributed by atoms with Crippen molar-refractivity contribution in [3.8, 4) is 0 Å². The van der Waals surface area contributed by atoms with E-state index in [1.807, 2.05) is 23.7 Å². The summed E-state index contributed by atoms with van der Waals surface area (Å²) in [7, 11) is 3.53. The van der Waals surface area contributed by atoms with Gasteiger partial charge in [0.15, 0.2) is 0 Å². The molecule has 5 nitrogen and oxygen atoms in total. The van der Waals surface area contributed by atoms with E-state index in [1.165, 1.54) is 12.1 Å². The molecule has 2 atom stereocenters. The number of carbonyl (C=O) groups excluding carboxylic acids is 1. The Kier molecular flexibility index (Phi) is 5.74. The van der Waals surface area contributed by atoms with E-state index in [0.29, 0.717) is 17.8 Å². The standard InChI is InChI=1S/C20H26FN3O2/c1-22-20(26)18-11-10-16(23(18)2)17-5-3-4-12-24(17)13-19(25)14-6-8-15(21)9-7-14/h6-11,17,19,25H,3-5,12-13H2,1-2H3,(H,22,26)/t17-,19-/m0/s1. The van der Waals surface area contributed by atoms with Gasteiger partial charge in [0, 0.05) is 26.3 Å². The molecule has 6 heteroatoms. The van der Waals surface area contributed by atoms with Crippen LogP contribution in [0.1, 0.15) is 53.2 Å². The van der Waals surface area contributed by atoms with Gasteiger partial charge in [0.1, 0.15) is 11.5 Å². The van der Waals surface area contributed by atoms with Crippen LogP contribution in [-0.4, -0.2) is 40.6 Å². The van der Waals surface area contributed by atoms with Gasteiger partial charge in [0.2, 0.25) is 0 Å². The van der Waals surface area contributed by atoms with E-state index in [9.17, 15) is 14.3 Å². The van der Waals surface area contributed by atoms with Crippen molar-refractivity contribution in [1.82, 2.24) is 14.8 Å². The highest BCUT2D eigenvalue weighted by Gasteiger charge is 2.29. The lowest BCUT2D eigenvalue weighted by molar-refractivity contribution is 0.0640. The second-order valence-corrected chi connectivity index (χ2v) is 6.86. The van der Waals surface area contributed by atoms with Gasteiger partial charge in [0.25, 0.3) is 5.91 Å². The number of nitrogens with zero attached hydrogens (tertiary/aromatic N) is 2. The van der Waals surface area contributed by atoms with Crippen molar-refractivity contribution in [1.29, 1.82) is 0 Å². The highest BCUT2D eigenvalue weighted by Crippen LogP contribution is 2.33. The summed E-state index contributed by atoms with van der Waals surface area (Å²) >= 11 is 0. The van der Waals surface area contributed by atoms with Crippen molar-refractivity contribution in [2.75, 3.05) is 20.1 Å². The minimum absolute atomic E-state index is 0.104. The normalized spacial score (nSPS) is 19.3. The van der Waals surface area contributed by atoms with Crippen LogP contribution in [0.2, 0.25) is 0 Å². The van der Waals surface area contributed by atoms with Crippen molar-refractivity contribution in [2.45, 2.75) is 31.4 Å². The molecule has 1 aromatic carbocycles. The molecule has 0 aliphatic carbocycles. The molecule has 1 fully saturated rings. The van der Waals surface area contributed by atoms with Gasteiger partial charge in [-0.05, 0) is 49.2 Å². The number of aliphatic hydroxyl groups is 1. The number of β-amino-alcohol motifs (C(OH)–C–C–N with tert-alkyl or cyclic N) is 1. The maximum atomic E-state index is 13.1. The van der Waals surface area contributed by atoms with Crippen LogP contribution in [0, 0.1) is 5.82 Å². The predicted octanol–water partition coefficient (Wildman–Crippen LogP) is 2.78. The van der Waals surface area contributed by atoms with Crippen LogP contribution in [0.5, 0.6) is 0 Å². The topological polar surface area (TPSA) is 57.5 Å². The van der Waals surface area contributed by atoms with Crippen LogP contribution >= 0.6 is 0 Å². The van der Waals surface area contributed by atoms with Crippen LogP contribution in [0.3, 0.4) is 0 Å². The maximum Gasteiger partial charge on any atom is 0.267 e. The number of hydrogen-bond acceptors (Lipinski definition) is 3. The SMILES string of the molecule is CNC(=O)c1ccc([C@@H]2CCCCN2C[C@H](O)c2ccc(F)cc2)n1C. The number of hydrogen-bond donors (Lipinski definition) is 2. The Bertz CT molecular complexity index is 757. The molecular formula is C20H26FN3O2. The van der Waals surface area contributed by atoms with Crippen LogP contribution in [0.25, 0.3) is 0 Å². The van der Waals surface area contributed by atoms with E-state index in [4.69, 9.17) is 0 Å². The average molecular weight is 359 g/mol. The largest absolute Gasteiger partial charge is 0.387 e. The molecule has 2 heterocycles. The Morgan fingerprint density at radius 1 is 1.27 bits per heavy atom. The molecule has 1 aromatic heterocycles. The smallest absolute Gasteiger partial charge is 0.267 e. The summed E-state index contributed by atoms with van der Waals surface area (Å²) in [4.78, 5) is 14.3. The number of nitrogens with one attached hydrogen (secondary N) is 1. The Morgan fingerprint density at radius 2 is 2.00 bits per heavy atom. The molecule has 0 radical (unpaired) electrons. The van der Waals surface area contributed by atoms with Gasteiger partial charge >= 0.3 is 0 Å². The summed E-state index contributed by atoms with van der Waals surface area (Å²) in [5, 5.41) is 13.3. The van der Waals surface area contributed by atoms with Crippen molar-refractivity contribution in [3.05, 3.63) is 59.2 Å². The lowest BCUT2D eigenvalue weighted by Gasteiger charge is -2.37. The first-order valence-corrected chi connectivity index (χ1v) is 9.06. The third kappa shape index (κ3) is 3.81. The first kappa shape index (κ1) is 18.6. The fraction of sp³-hybridized carbons (Fsp3) is 0.450. The van der Waals surface area contributed by atoms with E-state index >= 15 is 0 Å². The van der Waals surface area contributed by atoms with Gasteiger partial charge in [-0.1, -0.05) is 18.6 Å². The van der Waals surface area contributed by atoms with Crippen LogP contribution < -0.4 is 5.32 Å². The molecular weight excluding hydrogens is 333 g/mol. The Balaban J connectivity index is 1.79. The molecule has 0 unspecified atom stereocenters.